The maximum Gasteiger partial charge on any atom is 0.258 e. The van der Waals surface area contributed by atoms with Crippen molar-refractivity contribution in [2.24, 2.45) is 0 Å². The van der Waals surface area contributed by atoms with Crippen LogP contribution < -0.4 is 14.8 Å². The second-order valence-corrected chi connectivity index (χ2v) is 5.86. The minimum Gasteiger partial charge on any atom is -0.497 e. The van der Waals surface area contributed by atoms with Gasteiger partial charge in [-0.2, -0.15) is 0 Å². The number of ether oxygens (including phenoxy) is 4. The number of amides is 1. The van der Waals surface area contributed by atoms with Crippen LogP contribution in [-0.2, 0) is 14.3 Å². The van der Waals surface area contributed by atoms with Gasteiger partial charge in [0.2, 0.25) is 0 Å². The van der Waals surface area contributed by atoms with Gasteiger partial charge >= 0.3 is 0 Å². The molecule has 2 aliphatic rings. The van der Waals surface area contributed by atoms with Gasteiger partial charge in [0.15, 0.2) is 6.61 Å². The molecule has 126 valence electrons. The lowest BCUT2D eigenvalue weighted by molar-refractivity contribution is -0.158. The van der Waals surface area contributed by atoms with Crippen LogP contribution in [0.5, 0.6) is 11.5 Å². The van der Waals surface area contributed by atoms with Crippen LogP contribution in [-0.4, -0.2) is 51.1 Å². The molecule has 1 saturated carbocycles. The fraction of sp³-hybridized carbons (Fsp3) is 0.588. The monoisotopic (exact) mass is 321 g/mol. The molecular formula is C17H23NO5. The van der Waals surface area contributed by atoms with Crippen LogP contribution >= 0.6 is 0 Å². The molecule has 0 spiro atoms. The summed E-state index contributed by atoms with van der Waals surface area (Å²) in [5.41, 5.74) is 0. The second kappa shape index (κ2) is 7.66. The molecule has 0 aromatic heterocycles. The topological polar surface area (TPSA) is 66.0 Å². The Morgan fingerprint density at radius 1 is 1.13 bits per heavy atom. The predicted molar refractivity (Wildman–Crippen MR) is 83.8 cm³/mol. The Balaban J connectivity index is 1.42. The molecule has 1 heterocycles. The number of carbonyl (C=O) groups excluding carboxylic acids is 1. The third-order valence-electron chi connectivity index (χ3n) is 4.27. The first kappa shape index (κ1) is 16.1. The minimum absolute atomic E-state index is 0.00822. The second-order valence-electron chi connectivity index (χ2n) is 5.86. The smallest absolute Gasteiger partial charge is 0.258 e. The van der Waals surface area contributed by atoms with E-state index in [1.807, 2.05) is 0 Å². The summed E-state index contributed by atoms with van der Waals surface area (Å²) >= 11 is 0. The fourth-order valence-corrected chi connectivity index (χ4v) is 3.09. The standard InChI is InChI=1S/C17H23NO5/c1-20-13-3-5-14(6-4-13)23-11-17(19)18-12-2-7-15-16(10-12)22-9-8-21-15/h3-6,12,15-16H,2,7-11H2,1H3,(H,18,19). The van der Waals surface area contributed by atoms with Crippen molar-refractivity contribution in [1.29, 1.82) is 0 Å². The summed E-state index contributed by atoms with van der Waals surface area (Å²) in [4.78, 5) is 12.0. The first-order chi connectivity index (χ1) is 11.2. The Morgan fingerprint density at radius 2 is 1.83 bits per heavy atom. The van der Waals surface area contributed by atoms with Gasteiger partial charge in [-0.25, -0.2) is 0 Å². The molecular weight excluding hydrogens is 298 g/mol. The van der Waals surface area contributed by atoms with E-state index in [1.165, 1.54) is 0 Å². The molecule has 0 bridgehead atoms. The Kier molecular flexibility index (Phi) is 5.35. The highest BCUT2D eigenvalue weighted by Gasteiger charge is 2.34. The minimum atomic E-state index is -0.110. The van der Waals surface area contributed by atoms with E-state index in [4.69, 9.17) is 18.9 Å². The first-order valence-electron chi connectivity index (χ1n) is 8.04. The molecule has 3 atom stereocenters. The quantitative estimate of drug-likeness (QED) is 0.891. The molecule has 1 saturated heterocycles. The molecule has 3 unspecified atom stereocenters. The molecule has 1 aliphatic heterocycles. The van der Waals surface area contributed by atoms with Gasteiger partial charge in [-0.15, -0.1) is 0 Å². The van der Waals surface area contributed by atoms with E-state index in [1.54, 1.807) is 31.4 Å². The largest absolute Gasteiger partial charge is 0.497 e. The van der Waals surface area contributed by atoms with E-state index in [-0.39, 0.29) is 30.8 Å². The van der Waals surface area contributed by atoms with Crippen LogP contribution in [0.25, 0.3) is 0 Å². The number of benzene rings is 1. The van der Waals surface area contributed by atoms with Crippen molar-refractivity contribution < 1.29 is 23.7 Å². The molecule has 0 radical (unpaired) electrons. The van der Waals surface area contributed by atoms with Crippen LogP contribution in [0.3, 0.4) is 0 Å². The molecule has 3 rings (SSSR count). The zero-order chi connectivity index (χ0) is 16.1. The van der Waals surface area contributed by atoms with Gasteiger partial charge in [0.05, 0.1) is 32.5 Å². The maximum absolute atomic E-state index is 12.0. The van der Waals surface area contributed by atoms with Crippen molar-refractivity contribution in [3.8, 4) is 11.5 Å². The number of hydrogen-bond acceptors (Lipinski definition) is 5. The lowest BCUT2D eigenvalue weighted by Crippen LogP contribution is -2.49. The van der Waals surface area contributed by atoms with Crippen LogP contribution in [0.2, 0.25) is 0 Å². The summed E-state index contributed by atoms with van der Waals surface area (Å²) in [7, 11) is 1.61. The molecule has 1 aromatic carbocycles. The Hall–Kier alpha value is -1.79. The zero-order valence-electron chi connectivity index (χ0n) is 13.3. The highest BCUT2D eigenvalue weighted by Crippen LogP contribution is 2.26. The van der Waals surface area contributed by atoms with E-state index in [2.05, 4.69) is 5.32 Å². The summed E-state index contributed by atoms with van der Waals surface area (Å²) in [5, 5.41) is 3.02. The molecule has 1 aliphatic carbocycles. The van der Waals surface area contributed by atoms with E-state index < -0.39 is 0 Å². The Bertz CT molecular complexity index is 518. The summed E-state index contributed by atoms with van der Waals surface area (Å²) in [6, 6.07) is 7.30. The van der Waals surface area contributed by atoms with E-state index >= 15 is 0 Å². The third-order valence-corrected chi connectivity index (χ3v) is 4.27. The Morgan fingerprint density at radius 3 is 2.57 bits per heavy atom. The van der Waals surface area contributed by atoms with Gasteiger partial charge < -0.3 is 24.3 Å². The zero-order valence-corrected chi connectivity index (χ0v) is 13.3. The highest BCUT2D eigenvalue weighted by molar-refractivity contribution is 5.77. The molecule has 6 heteroatoms. The van der Waals surface area contributed by atoms with Crippen LogP contribution in [0.4, 0.5) is 0 Å². The SMILES string of the molecule is COc1ccc(OCC(=O)NC2CCC3OCCOC3C2)cc1. The number of nitrogens with one attached hydrogen (secondary N) is 1. The molecule has 23 heavy (non-hydrogen) atoms. The van der Waals surface area contributed by atoms with Crippen molar-refractivity contribution in [3.05, 3.63) is 24.3 Å². The summed E-state index contributed by atoms with van der Waals surface area (Å²) < 4.78 is 22.0. The van der Waals surface area contributed by atoms with E-state index in [9.17, 15) is 4.79 Å². The maximum atomic E-state index is 12.0. The van der Waals surface area contributed by atoms with E-state index in [0.29, 0.717) is 19.0 Å². The lowest BCUT2D eigenvalue weighted by Gasteiger charge is -2.39. The predicted octanol–water partition coefficient (Wildman–Crippen LogP) is 1.53. The number of rotatable bonds is 5. The van der Waals surface area contributed by atoms with Gasteiger partial charge in [0.1, 0.15) is 11.5 Å². The molecule has 2 fully saturated rings. The van der Waals surface area contributed by atoms with Gasteiger partial charge in [0, 0.05) is 6.04 Å². The van der Waals surface area contributed by atoms with Gasteiger partial charge in [-0.1, -0.05) is 0 Å². The van der Waals surface area contributed by atoms with Crippen molar-refractivity contribution in [1.82, 2.24) is 5.32 Å². The van der Waals surface area contributed by atoms with E-state index in [0.717, 1.165) is 25.0 Å². The number of methoxy groups -OCH3 is 1. The number of hydrogen-bond donors (Lipinski definition) is 1. The van der Waals surface area contributed by atoms with Crippen LogP contribution in [0.1, 0.15) is 19.3 Å². The summed E-state index contributed by atoms with van der Waals surface area (Å²) in [5.74, 6) is 1.29. The lowest BCUT2D eigenvalue weighted by atomic mass is 9.89. The summed E-state index contributed by atoms with van der Waals surface area (Å²) in [6.45, 7) is 1.32. The normalized spacial score (nSPS) is 26.9. The number of fused-ring (bicyclic) bond motifs is 1. The van der Waals surface area contributed by atoms with Crippen molar-refractivity contribution >= 4 is 5.91 Å². The highest BCUT2D eigenvalue weighted by atomic mass is 16.6. The average Bonchev–Trinajstić information content (AvgIpc) is 2.60. The fourth-order valence-electron chi connectivity index (χ4n) is 3.09. The Labute approximate surface area is 136 Å². The third kappa shape index (κ3) is 4.36. The average molecular weight is 321 g/mol. The first-order valence-corrected chi connectivity index (χ1v) is 8.04. The van der Waals surface area contributed by atoms with Gasteiger partial charge in [-0.3, -0.25) is 4.79 Å². The molecule has 1 amide bonds. The van der Waals surface area contributed by atoms with Crippen molar-refractivity contribution in [2.45, 2.75) is 37.5 Å². The molecule has 1 aromatic rings. The summed E-state index contributed by atoms with van der Waals surface area (Å²) in [6.07, 6.45) is 2.94. The van der Waals surface area contributed by atoms with Crippen molar-refractivity contribution in [2.75, 3.05) is 26.9 Å². The van der Waals surface area contributed by atoms with Crippen LogP contribution in [0.15, 0.2) is 24.3 Å². The van der Waals surface area contributed by atoms with Crippen molar-refractivity contribution in [3.63, 3.8) is 0 Å². The molecule has 1 N–H and O–H groups in total. The van der Waals surface area contributed by atoms with Crippen LogP contribution in [0, 0.1) is 0 Å². The number of carbonyl (C=O) groups is 1. The van der Waals surface area contributed by atoms with Gasteiger partial charge in [-0.05, 0) is 43.5 Å². The molecule has 6 nitrogen and oxygen atoms in total. The van der Waals surface area contributed by atoms with Gasteiger partial charge in [0.25, 0.3) is 5.91 Å².